The molecule has 2 fully saturated rings. The van der Waals surface area contributed by atoms with Crippen LogP contribution >= 0.6 is 0 Å². The number of β-amino-alcohol motifs (C(OH)–C–C–N with tert-alkyl or cyclic N) is 1. The summed E-state index contributed by atoms with van der Waals surface area (Å²) in [5, 5.41) is 13.3. The lowest BCUT2D eigenvalue weighted by molar-refractivity contribution is -0.0104. The molecule has 76 valence electrons. The molecular weight excluding hydrogens is 166 g/mol. The Morgan fingerprint density at radius 3 is 3.08 bits per heavy atom. The molecule has 2 heterocycles. The van der Waals surface area contributed by atoms with E-state index < -0.39 is 5.60 Å². The van der Waals surface area contributed by atoms with Crippen LogP contribution in [0, 0.1) is 5.92 Å². The highest BCUT2D eigenvalue weighted by molar-refractivity contribution is 4.89. The highest BCUT2D eigenvalue weighted by Crippen LogP contribution is 2.28. The van der Waals surface area contributed by atoms with Gasteiger partial charge in [-0.15, -0.1) is 0 Å². The largest absolute Gasteiger partial charge is 0.389 e. The van der Waals surface area contributed by atoms with E-state index in [2.05, 4.69) is 5.32 Å². The zero-order valence-electron chi connectivity index (χ0n) is 8.09. The van der Waals surface area contributed by atoms with Crippen LogP contribution < -0.4 is 5.32 Å². The van der Waals surface area contributed by atoms with Crippen molar-refractivity contribution in [2.24, 2.45) is 5.92 Å². The highest BCUT2D eigenvalue weighted by Gasteiger charge is 2.34. The van der Waals surface area contributed by atoms with Crippen molar-refractivity contribution in [2.45, 2.75) is 31.3 Å². The number of hydrogen-bond donors (Lipinski definition) is 2. The second-order valence-corrected chi connectivity index (χ2v) is 4.44. The number of aliphatic hydroxyl groups is 1. The first-order valence-electron chi connectivity index (χ1n) is 5.29. The van der Waals surface area contributed by atoms with Gasteiger partial charge in [0.1, 0.15) is 0 Å². The molecule has 3 heteroatoms. The molecule has 0 aliphatic carbocycles. The third kappa shape index (κ3) is 2.42. The second-order valence-electron chi connectivity index (χ2n) is 4.44. The van der Waals surface area contributed by atoms with Crippen molar-refractivity contribution in [2.75, 3.05) is 26.3 Å². The zero-order valence-corrected chi connectivity index (χ0v) is 8.09. The summed E-state index contributed by atoms with van der Waals surface area (Å²) in [4.78, 5) is 0. The van der Waals surface area contributed by atoms with Gasteiger partial charge >= 0.3 is 0 Å². The second kappa shape index (κ2) is 3.95. The smallest absolute Gasteiger partial charge is 0.0787 e. The fourth-order valence-electron chi connectivity index (χ4n) is 2.41. The molecule has 2 N–H and O–H groups in total. The lowest BCUT2D eigenvalue weighted by Gasteiger charge is -2.29. The lowest BCUT2D eigenvalue weighted by atomic mass is 9.87. The Labute approximate surface area is 79.5 Å². The maximum atomic E-state index is 10.1. The van der Waals surface area contributed by atoms with Crippen LogP contribution in [-0.2, 0) is 4.74 Å². The van der Waals surface area contributed by atoms with Gasteiger partial charge in [-0.3, -0.25) is 0 Å². The summed E-state index contributed by atoms with van der Waals surface area (Å²) in [5.74, 6) is 0.582. The van der Waals surface area contributed by atoms with Crippen molar-refractivity contribution in [3.63, 3.8) is 0 Å². The van der Waals surface area contributed by atoms with Gasteiger partial charge in [-0.25, -0.2) is 0 Å². The van der Waals surface area contributed by atoms with Crippen LogP contribution in [0.25, 0.3) is 0 Å². The summed E-state index contributed by atoms with van der Waals surface area (Å²) in [5.41, 5.74) is -0.439. The minimum atomic E-state index is -0.439. The van der Waals surface area contributed by atoms with Crippen LogP contribution in [-0.4, -0.2) is 37.0 Å². The molecule has 0 spiro atoms. The fourth-order valence-corrected chi connectivity index (χ4v) is 2.41. The fraction of sp³-hybridized carbons (Fsp3) is 1.00. The number of rotatable bonds is 2. The van der Waals surface area contributed by atoms with Gasteiger partial charge < -0.3 is 15.2 Å². The summed E-state index contributed by atoms with van der Waals surface area (Å²) in [7, 11) is 0. The summed E-state index contributed by atoms with van der Waals surface area (Å²) in [6, 6.07) is 0. The minimum absolute atomic E-state index is 0.439. The van der Waals surface area contributed by atoms with Crippen LogP contribution in [0.4, 0.5) is 0 Å². The molecule has 2 saturated heterocycles. The average Bonchev–Trinajstić information content (AvgIpc) is 2.54. The molecule has 0 radical (unpaired) electrons. The Morgan fingerprint density at radius 2 is 2.46 bits per heavy atom. The van der Waals surface area contributed by atoms with E-state index in [0.717, 1.165) is 45.6 Å². The van der Waals surface area contributed by atoms with Crippen LogP contribution in [0.2, 0.25) is 0 Å². The van der Waals surface area contributed by atoms with E-state index in [0.29, 0.717) is 5.92 Å². The van der Waals surface area contributed by atoms with Crippen molar-refractivity contribution < 1.29 is 9.84 Å². The van der Waals surface area contributed by atoms with E-state index in [1.54, 1.807) is 0 Å². The van der Waals surface area contributed by atoms with Gasteiger partial charge in [0, 0.05) is 19.8 Å². The average molecular weight is 185 g/mol. The van der Waals surface area contributed by atoms with Crippen LogP contribution in [0.15, 0.2) is 0 Å². The van der Waals surface area contributed by atoms with Crippen molar-refractivity contribution in [1.82, 2.24) is 5.32 Å². The first-order valence-corrected chi connectivity index (χ1v) is 5.29. The summed E-state index contributed by atoms with van der Waals surface area (Å²) in [6.07, 6.45) is 4.21. The van der Waals surface area contributed by atoms with Gasteiger partial charge in [-0.05, 0) is 38.1 Å². The minimum Gasteiger partial charge on any atom is -0.389 e. The third-order valence-electron chi connectivity index (χ3n) is 3.14. The molecule has 3 nitrogen and oxygen atoms in total. The molecule has 0 saturated carbocycles. The summed E-state index contributed by atoms with van der Waals surface area (Å²) >= 11 is 0. The number of ether oxygens (including phenoxy) is 1. The predicted molar refractivity (Wildman–Crippen MR) is 50.6 cm³/mol. The van der Waals surface area contributed by atoms with Crippen molar-refractivity contribution >= 4 is 0 Å². The van der Waals surface area contributed by atoms with Crippen LogP contribution in [0.5, 0.6) is 0 Å². The topological polar surface area (TPSA) is 41.5 Å². The standard InChI is InChI=1S/C10H19NO2/c12-10(3-4-11-8-10)6-9-2-1-5-13-7-9/h9,11-12H,1-8H2. The van der Waals surface area contributed by atoms with E-state index in [9.17, 15) is 5.11 Å². The van der Waals surface area contributed by atoms with Crippen molar-refractivity contribution in [1.29, 1.82) is 0 Å². The van der Waals surface area contributed by atoms with Crippen LogP contribution in [0.3, 0.4) is 0 Å². The number of nitrogens with one attached hydrogen (secondary N) is 1. The van der Waals surface area contributed by atoms with E-state index in [1.807, 2.05) is 0 Å². The highest BCUT2D eigenvalue weighted by atomic mass is 16.5. The molecule has 2 atom stereocenters. The molecule has 2 aliphatic heterocycles. The molecule has 2 aliphatic rings. The van der Waals surface area contributed by atoms with Gasteiger partial charge in [0.25, 0.3) is 0 Å². The van der Waals surface area contributed by atoms with Crippen molar-refractivity contribution in [3.05, 3.63) is 0 Å². The third-order valence-corrected chi connectivity index (χ3v) is 3.14. The molecule has 0 amide bonds. The maximum absolute atomic E-state index is 10.1. The molecule has 2 unspecified atom stereocenters. The molecular formula is C10H19NO2. The quantitative estimate of drug-likeness (QED) is 0.659. The van der Waals surface area contributed by atoms with E-state index in [-0.39, 0.29) is 0 Å². The Hall–Kier alpha value is -0.120. The van der Waals surface area contributed by atoms with Gasteiger partial charge in [-0.1, -0.05) is 0 Å². The van der Waals surface area contributed by atoms with Crippen molar-refractivity contribution in [3.8, 4) is 0 Å². The zero-order chi connectivity index (χ0) is 9.15. The Kier molecular flexibility index (Phi) is 2.86. The van der Waals surface area contributed by atoms with E-state index in [1.165, 1.54) is 6.42 Å². The first-order chi connectivity index (χ1) is 6.29. The van der Waals surface area contributed by atoms with E-state index >= 15 is 0 Å². The van der Waals surface area contributed by atoms with Gasteiger partial charge in [0.15, 0.2) is 0 Å². The lowest BCUT2D eigenvalue weighted by Crippen LogP contribution is -2.36. The predicted octanol–water partition coefficient (Wildman–Crippen LogP) is 0.527. The van der Waals surface area contributed by atoms with Gasteiger partial charge in [0.05, 0.1) is 5.60 Å². The Morgan fingerprint density at radius 1 is 1.54 bits per heavy atom. The summed E-state index contributed by atoms with van der Waals surface area (Å²) in [6.45, 7) is 3.49. The Bertz CT molecular complexity index is 160. The van der Waals surface area contributed by atoms with Gasteiger partial charge in [-0.2, -0.15) is 0 Å². The van der Waals surface area contributed by atoms with E-state index in [4.69, 9.17) is 4.74 Å². The Balaban J connectivity index is 1.81. The van der Waals surface area contributed by atoms with Crippen LogP contribution in [0.1, 0.15) is 25.7 Å². The number of hydrogen-bond acceptors (Lipinski definition) is 3. The molecule has 0 aromatic heterocycles. The summed E-state index contributed by atoms with van der Waals surface area (Å²) < 4.78 is 5.41. The maximum Gasteiger partial charge on any atom is 0.0787 e. The molecule has 13 heavy (non-hydrogen) atoms. The normalized spacial score (nSPS) is 40.8. The monoisotopic (exact) mass is 185 g/mol. The first kappa shape index (κ1) is 9.44. The molecule has 0 aromatic rings. The SMILES string of the molecule is OC1(CC2CCCOC2)CCNC1. The molecule has 0 aromatic carbocycles. The molecule has 0 bridgehead atoms. The van der Waals surface area contributed by atoms with Gasteiger partial charge in [0.2, 0.25) is 0 Å². The molecule has 2 rings (SSSR count).